The molecule has 0 rings (SSSR count). The summed E-state index contributed by atoms with van der Waals surface area (Å²) in [5.41, 5.74) is 0. The highest BCUT2D eigenvalue weighted by atomic mass is 19.1. The third-order valence-corrected chi connectivity index (χ3v) is 1.84. The summed E-state index contributed by atoms with van der Waals surface area (Å²) in [6, 6.07) is 0. The van der Waals surface area contributed by atoms with Crippen LogP contribution in [0.1, 0.15) is 33.1 Å². The molecule has 0 aliphatic carbocycles. The van der Waals surface area contributed by atoms with Crippen molar-refractivity contribution in [2.24, 2.45) is 11.8 Å². The highest BCUT2D eigenvalue weighted by Crippen LogP contribution is 2.19. The summed E-state index contributed by atoms with van der Waals surface area (Å²) < 4.78 is 23.8. The van der Waals surface area contributed by atoms with Gasteiger partial charge in [-0.25, -0.2) is 0 Å². The van der Waals surface area contributed by atoms with Crippen molar-refractivity contribution in [2.45, 2.75) is 33.1 Å². The molecule has 0 aliphatic heterocycles. The molecule has 0 spiro atoms. The lowest BCUT2D eigenvalue weighted by atomic mass is 9.92. The molecular weight excluding hydrogens is 146 g/mol. The molecule has 2 heteroatoms. The lowest BCUT2D eigenvalue weighted by molar-refractivity contribution is 0.294. The van der Waals surface area contributed by atoms with Gasteiger partial charge in [-0.2, -0.15) is 0 Å². The number of halogens is 2. The first-order chi connectivity index (χ1) is 5.20. The van der Waals surface area contributed by atoms with Gasteiger partial charge in [-0.05, 0) is 31.1 Å². The summed E-state index contributed by atoms with van der Waals surface area (Å²) in [6.45, 7) is 3.56. The van der Waals surface area contributed by atoms with Crippen LogP contribution < -0.4 is 0 Å². The van der Waals surface area contributed by atoms with Crippen LogP contribution in [-0.2, 0) is 0 Å². The predicted molar refractivity (Wildman–Crippen MR) is 44.1 cm³/mol. The van der Waals surface area contributed by atoms with Crippen molar-refractivity contribution in [3.05, 3.63) is 0 Å². The predicted octanol–water partition coefficient (Wildman–Crippen LogP) is 3.37. The van der Waals surface area contributed by atoms with Crippen LogP contribution in [-0.4, -0.2) is 13.3 Å². The van der Waals surface area contributed by atoms with E-state index in [1.165, 1.54) is 0 Å². The van der Waals surface area contributed by atoms with Gasteiger partial charge in [0.25, 0.3) is 0 Å². The highest BCUT2D eigenvalue weighted by molar-refractivity contribution is 4.60. The van der Waals surface area contributed by atoms with E-state index in [0.29, 0.717) is 18.8 Å². The van der Waals surface area contributed by atoms with Crippen LogP contribution in [0, 0.1) is 11.8 Å². The minimum Gasteiger partial charge on any atom is -0.251 e. The summed E-state index contributed by atoms with van der Waals surface area (Å²) in [6.07, 6.45) is 2.01. The molecule has 0 saturated carbocycles. The van der Waals surface area contributed by atoms with Crippen LogP contribution in [0.5, 0.6) is 0 Å². The summed E-state index contributed by atoms with van der Waals surface area (Å²) >= 11 is 0. The molecule has 0 bridgehead atoms. The molecule has 0 atom stereocenters. The van der Waals surface area contributed by atoms with Crippen molar-refractivity contribution in [1.82, 2.24) is 0 Å². The van der Waals surface area contributed by atoms with Crippen LogP contribution in [0.15, 0.2) is 0 Å². The first kappa shape index (κ1) is 10.9. The van der Waals surface area contributed by atoms with E-state index in [1.807, 2.05) is 0 Å². The van der Waals surface area contributed by atoms with E-state index in [9.17, 15) is 8.78 Å². The van der Waals surface area contributed by atoms with E-state index in [0.717, 1.165) is 6.42 Å². The van der Waals surface area contributed by atoms with E-state index in [-0.39, 0.29) is 19.3 Å². The highest BCUT2D eigenvalue weighted by Gasteiger charge is 2.09. The second kappa shape index (κ2) is 6.56. The third kappa shape index (κ3) is 6.27. The normalized spacial score (nSPS) is 11.5. The molecule has 68 valence electrons. The first-order valence-electron chi connectivity index (χ1n) is 4.32. The van der Waals surface area contributed by atoms with E-state index in [4.69, 9.17) is 0 Å². The topological polar surface area (TPSA) is 0 Å². The van der Waals surface area contributed by atoms with Gasteiger partial charge in [-0.3, -0.25) is 8.78 Å². The average Bonchev–Trinajstić information content (AvgIpc) is 1.87. The zero-order valence-electron chi connectivity index (χ0n) is 7.45. The van der Waals surface area contributed by atoms with Gasteiger partial charge < -0.3 is 0 Å². The molecular formula is C9H18F2. The molecule has 0 saturated heterocycles. The Kier molecular flexibility index (Phi) is 6.48. The van der Waals surface area contributed by atoms with Gasteiger partial charge in [0.2, 0.25) is 0 Å². The van der Waals surface area contributed by atoms with Crippen molar-refractivity contribution in [3.63, 3.8) is 0 Å². The minimum absolute atomic E-state index is 0.255. The van der Waals surface area contributed by atoms with Crippen LogP contribution in [0.3, 0.4) is 0 Å². The Morgan fingerprint density at radius 1 is 1.00 bits per heavy atom. The maximum absolute atomic E-state index is 11.9. The van der Waals surface area contributed by atoms with Gasteiger partial charge in [-0.15, -0.1) is 0 Å². The third-order valence-electron chi connectivity index (χ3n) is 1.84. The fraction of sp³-hybridized carbons (Fsp3) is 1.00. The maximum atomic E-state index is 11.9. The smallest absolute Gasteiger partial charge is 0.0897 e. The van der Waals surface area contributed by atoms with Gasteiger partial charge in [0.15, 0.2) is 0 Å². The summed E-state index contributed by atoms with van der Waals surface area (Å²) in [4.78, 5) is 0. The second-order valence-corrected chi connectivity index (χ2v) is 3.45. The van der Waals surface area contributed by atoms with E-state index >= 15 is 0 Å². The fourth-order valence-corrected chi connectivity index (χ4v) is 1.36. The van der Waals surface area contributed by atoms with Crippen LogP contribution >= 0.6 is 0 Å². The molecule has 0 aromatic heterocycles. The zero-order valence-corrected chi connectivity index (χ0v) is 7.45. The van der Waals surface area contributed by atoms with Gasteiger partial charge in [0.05, 0.1) is 13.3 Å². The van der Waals surface area contributed by atoms with Crippen molar-refractivity contribution in [1.29, 1.82) is 0 Å². The Balaban J connectivity index is 3.50. The van der Waals surface area contributed by atoms with Gasteiger partial charge in [-0.1, -0.05) is 13.8 Å². The van der Waals surface area contributed by atoms with Crippen molar-refractivity contribution >= 4 is 0 Å². The number of alkyl halides is 2. The molecule has 11 heavy (non-hydrogen) atoms. The SMILES string of the molecule is CC(C)CC(CCF)CCF. The fourth-order valence-electron chi connectivity index (χ4n) is 1.36. The number of hydrogen-bond donors (Lipinski definition) is 0. The summed E-state index contributed by atoms with van der Waals surface area (Å²) in [5.74, 6) is 0.808. The average molecular weight is 164 g/mol. The molecule has 0 fully saturated rings. The Bertz CT molecular complexity index is 75.6. The maximum Gasteiger partial charge on any atom is 0.0897 e. The number of rotatable bonds is 6. The van der Waals surface area contributed by atoms with E-state index in [2.05, 4.69) is 13.8 Å². The molecule has 0 N–H and O–H groups in total. The summed E-state index contributed by atoms with van der Waals surface area (Å²) in [5, 5.41) is 0. The van der Waals surface area contributed by atoms with E-state index < -0.39 is 0 Å². The lowest BCUT2D eigenvalue weighted by Gasteiger charge is -2.15. The second-order valence-electron chi connectivity index (χ2n) is 3.45. The quantitative estimate of drug-likeness (QED) is 0.564. The Morgan fingerprint density at radius 2 is 1.45 bits per heavy atom. The molecule has 0 nitrogen and oxygen atoms in total. The Morgan fingerprint density at radius 3 is 1.73 bits per heavy atom. The molecule has 0 aromatic rings. The van der Waals surface area contributed by atoms with Crippen LogP contribution in [0.25, 0.3) is 0 Å². The first-order valence-corrected chi connectivity index (χ1v) is 4.32. The lowest BCUT2D eigenvalue weighted by Crippen LogP contribution is -2.06. The van der Waals surface area contributed by atoms with Crippen LogP contribution in [0.4, 0.5) is 8.78 Å². The van der Waals surface area contributed by atoms with Gasteiger partial charge >= 0.3 is 0 Å². The zero-order chi connectivity index (χ0) is 8.69. The van der Waals surface area contributed by atoms with Crippen molar-refractivity contribution in [2.75, 3.05) is 13.3 Å². The minimum atomic E-state index is -0.308. The monoisotopic (exact) mass is 164 g/mol. The molecule has 0 aliphatic rings. The molecule has 0 unspecified atom stereocenters. The largest absolute Gasteiger partial charge is 0.251 e. The van der Waals surface area contributed by atoms with Gasteiger partial charge in [0.1, 0.15) is 0 Å². The molecule has 0 radical (unpaired) electrons. The summed E-state index contributed by atoms with van der Waals surface area (Å²) in [7, 11) is 0. The van der Waals surface area contributed by atoms with Gasteiger partial charge in [0, 0.05) is 0 Å². The Labute approximate surface area is 68.0 Å². The van der Waals surface area contributed by atoms with Crippen LogP contribution in [0.2, 0.25) is 0 Å². The Hall–Kier alpha value is -0.140. The van der Waals surface area contributed by atoms with Crippen molar-refractivity contribution < 1.29 is 8.78 Å². The molecule has 0 amide bonds. The van der Waals surface area contributed by atoms with E-state index in [1.54, 1.807) is 0 Å². The molecule has 0 heterocycles. The van der Waals surface area contributed by atoms with Crippen molar-refractivity contribution in [3.8, 4) is 0 Å². The standard InChI is InChI=1S/C9H18F2/c1-8(2)7-9(3-5-10)4-6-11/h8-9H,3-7H2,1-2H3. The molecule has 0 aromatic carbocycles. The number of hydrogen-bond acceptors (Lipinski definition) is 0.